The Hall–Kier alpha value is -2.54. The van der Waals surface area contributed by atoms with Crippen LogP contribution < -0.4 is 15.8 Å². The van der Waals surface area contributed by atoms with Crippen LogP contribution in [0.1, 0.15) is 25.0 Å². The molecule has 0 saturated heterocycles. The molecule has 1 amide bonds. The van der Waals surface area contributed by atoms with Gasteiger partial charge in [-0.25, -0.2) is 0 Å². The molecule has 0 aliphatic heterocycles. The third-order valence-corrected chi connectivity index (χ3v) is 4.58. The average molecular weight is 380 g/mol. The number of para-hydroxylation sites is 1. The van der Waals surface area contributed by atoms with E-state index in [0.29, 0.717) is 0 Å². The average Bonchev–Trinajstić information content (AvgIpc) is 2.65. The van der Waals surface area contributed by atoms with Crippen molar-refractivity contribution in [2.45, 2.75) is 31.0 Å². The van der Waals surface area contributed by atoms with Crippen LogP contribution in [-0.4, -0.2) is 25.7 Å². The summed E-state index contributed by atoms with van der Waals surface area (Å²) >= 11 is 0. The highest BCUT2D eigenvalue weighted by molar-refractivity contribution is 5.89. The van der Waals surface area contributed by atoms with Crippen LogP contribution in [0.4, 0.5) is 13.2 Å². The van der Waals surface area contributed by atoms with Gasteiger partial charge in [-0.2, -0.15) is 13.2 Å². The molecule has 2 rings (SSSR count). The molecule has 0 bridgehead atoms. The summed E-state index contributed by atoms with van der Waals surface area (Å²) in [5.41, 5.74) is 2.31. The van der Waals surface area contributed by atoms with Crippen molar-refractivity contribution in [3.8, 4) is 5.75 Å². The Morgan fingerprint density at radius 3 is 2.15 bits per heavy atom. The lowest BCUT2D eigenvalue weighted by molar-refractivity contribution is -0.194. The molecule has 27 heavy (non-hydrogen) atoms. The fourth-order valence-corrected chi connectivity index (χ4v) is 2.81. The standard InChI is InChI=1S/C20H23F3N2O2/c1-18(2,14-9-5-4-6-10-14)13-25-17(26)19(24,20(21,22)23)15-11-7-8-12-16(15)27-3/h4-12H,13,24H2,1-3H3,(H,25,26)/t19-/m1/s1. The van der Waals surface area contributed by atoms with Gasteiger partial charge in [0.1, 0.15) is 5.75 Å². The van der Waals surface area contributed by atoms with Crippen LogP contribution in [0.25, 0.3) is 0 Å². The van der Waals surface area contributed by atoms with Crippen LogP contribution in [0.2, 0.25) is 0 Å². The molecule has 2 aromatic carbocycles. The number of amides is 1. The highest BCUT2D eigenvalue weighted by atomic mass is 19.4. The van der Waals surface area contributed by atoms with E-state index in [-0.39, 0.29) is 12.3 Å². The highest BCUT2D eigenvalue weighted by Crippen LogP contribution is 2.41. The van der Waals surface area contributed by atoms with E-state index in [9.17, 15) is 18.0 Å². The molecule has 3 N–H and O–H groups in total. The molecule has 0 saturated carbocycles. The SMILES string of the molecule is COc1ccccc1[C@@](N)(C(=O)NCC(C)(C)c1ccccc1)C(F)(F)F. The molecule has 7 heteroatoms. The van der Waals surface area contributed by atoms with Crippen molar-refractivity contribution in [2.75, 3.05) is 13.7 Å². The Bertz CT molecular complexity index is 791. The summed E-state index contributed by atoms with van der Waals surface area (Å²) in [6, 6.07) is 14.6. The number of carbonyl (C=O) groups is 1. The maximum absolute atomic E-state index is 13.9. The molecule has 0 aliphatic carbocycles. The number of ether oxygens (including phenoxy) is 1. The van der Waals surface area contributed by atoms with Crippen molar-refractivity contribution in [3.63, 3.8) is 0 Å². The number of halogens is 3. The van der Waals surface area contributed by atoms with Gasteiger partial charge in [0.2, 0.25) is 5.54 Å². The van der Waals surface area contributed by atoms with Crippen molar-refractivity contribution in [1.82, 2.24) is 5.32 Å². The van der Waals surface area contributed by atoms with E-state index in [4.69, 9.17) is 10.5 Å². The predicted octanol–water partition coefficient (Wildman–Crippen LogP) is 3.51. The second kappa shape index (κ2) is 7.60. The first-order valence-electron chi connectivity index (χ1n) is 8.37. The maximum atomic E-state index is 13.9. The first kappa shape index (κ1) is 20.8. The van der Waals surface area contributed by atoms with Crippen LogP contribution in [0.5, 0.6) is 5.75 Å². The molecule has 0 unspecified atom stereocenters. The van der Waals surface area contributed by atoms with E-state index in [1.807, 2.05) is 44.2 Å². The zero-order valence-electron chi connectivity index (χ0n) is 15.4. The Balaban J connectivity index is 2.34. The van der Waals surface area contributed by atoms with Crippen molar-refractivity contribution in [2.24, 2.45) is 5.73 Å². The van der Waals surface area contributed by atoms with Gasteiger partial charge in [0.25, 0.3) is 5.91 Å². The number of carbonyl (C=O) groups excluding carboxylic acids is 1. The van der Waals surface area contributed by atoms with E-state index in [0.717, 1.165) is 11.6 Å². The van der Waals surface area contributed by atoms with Crippen LogP contribution in [0.3, 0.4) is 0 Å². The second-order valence-corrected chi connectivity index (χ2v) is 6.94. The molecule has 0 fully saturated rings. The van der Waals surface area contributed by atoms with Crippen LogP contribution in [0, 0.1) is 0 Å². The molecule has 0 radical (unpaired) electrons. The number of alkyl halides is 3. The zero-order chi connectivity index (χ0) is 20.3. The van der Waals surface area contributed by atoms with E-state index in [2.05, 4.69) is 5.32 Å². The molecular formula is C20H23F3N2O2. The Kier molecular flexibility index (Phi) is 5.85. The van der Waals surface area contributed by atoms with Crippen LogP contribution >= 0.6 is 0 Å². The molecule has 0 heterocycles. The predicted molar refractivity (Wildman–Crippen MR) is 97.4 cm³/mol. The normalized spacial score (nSPS) is 14.3. The van der Waals surface area contributed by atoms with Gasteiger partial charge < -0.3 is 15.8 Å². The summed E-state index contributed by atoms with van der Waals surface area (Å²) in [6.07, 6.45) is -5.01. The number of hydrogen-bond donors (Lipinski definition) is 2. The summed E-state index contributed by atoms with van der Waals surface area (Å²) < 4.78 is 46.6. The van der Waals surface area contributed by atoms with Gasteiger partial charge in [-0.05, 0) is 11.6 Å². The summed E-state index contributed by atoms with van der Waals surface area (Å²) in [4.78, 5) is 12.6. The van der Waals surface area contributed by atoms with Crippen molar-refractivity contribution in [3.05, 3.63) is 65.7 Å². The lowest BCUT2D eigenvalue weighted by Crippen LogP contribution is -2.61. The van der Waals surface area contributed by atoms with E-state index >= 15 is 0 Å². The van der Waals surface area contributed by atoms with Gasteiger partial charge in [0.15, 0.2) is 0 Å². The van der Waals surface area contributed by atoms with Gasteiger partial charge in [0, 0.05) is 17.5 Å². The smallest absolute Gasteiger partial charge is 0.419 e. The second-order valence-electron chi connectivity index (χ2n) is 6.94. The highest BCUT2D eigenvalue weighted by Gasteiger charge is 2.60. The Morgan fingerprint density at radius 2 is 1.59 bits per heavy atom. The fraction of sp³-hybridized carbons (Fsp3) is 0.350. The summed E-state index contributed by atoms with van der Waals surface area (Å²) in [5, 5.41) is 2.38. The molecule has 0 spiro atoms. The van der Waals surface area contributed by atoms with Gasteiger partial charge in [-0.1, -0.05) is 62.4 Å². The Morgan fingerprint density at radius 1 is 1.04 bits per heavy atom. The number of methoxy groups -OCH3 is 1. The van der Waals surface area contributed by atoms with Gasteiger partial charge in [-0.3, -0.25) is 4.79 Å². The number of nitrogens with two attached hydrogens (primary N) is 1. The topological polar surface area (TPSA) is 64.3 Å². The van der Waals surface area contributed by atoms with E-state index < -0.39 is 28.6 Å². The first-order valence-corrected chi connectivity index (χ1v) is 8.37. The summed E-state index contributed by atoms with van der Waals surface area (Å²) in [5.74, 6) is -1.43. The number of benzene rings is 2. The van der Waals surface area contributed by atoms with Gasteiger partial charge >= 0.3 is 6.18 Å². The fourth-order valence-electron chi connectivity index (χ4n) is 2.81. The quantitative estimate of drug-likeness (QED) is 0.806. The maximum Gasteiger partial charge on any atom is 0.419 e. The lowest BCUT2D eigenvalue weighted by atomic mass is 9.83. The minimum atomic E-state index is -5.01. The van der Waals surface area contributed by atoms with Crippen molar-refractivity contribution >= 4 is 5.91 Å². The molecule has 4 nitrogen and oxygen atoms in total. The van der Waals surface area contributed by atoms with Crippen molar-refractivity contribution in [1.29, 1.82) is 0 Å². The van der Waals surface area contributed by atoms with Gasteiger partial charge in [-0.15, -0.1) is 0 Å². The third-order valence-electron chi connectivity index (χ3n) is 4.58. The molecule has 0 aromatic heterocycles. The molecule has 2 aromatic rings. The molecule has 0 aliphatic rings. The first-order chi connectivity index (χ1) is 12.5. The summed E-state index contributed by atoms with van der Waals surface area (Å²) in [6.45, 7) is 3.65. The minimum absolute atomic E-state index is 0.0139. The molecule has 146 valence electrons. The Labute approximate surface area is 156 Å². The number of rotatable bonds is 6. The molecular weight excluding hydrogens is 357 g/mol. The zero-order valence-corrected chi connectivity index (χ0v) is 15.4. The minimum Gasteiger partial charge on any atom is -0.496 e. The van der Waals surface area contributed by atoms with Crippen LogP contribution in [0.15, 0.2) is 54.6 Å². The lowest BCUT2D eigenvalue weighted by Gasteiger charge is -2.34. The number of nitrogens with one attached hydrogen (secondary N) is 1. The summed E-state index contributed by atoms with van der Waals surface area (Å²) in [7, 11) is 1.23. The van der Waals surface area contributed by atoms with E-state index in [1.165, 1.54) is 25.3 Å². The monoisotopic (exact) mass is 380 g/mol. The molecule has 1 atom stereocenters. The van der Waals surface area contributed by atoms with Gasteiger partial charge in [0.05, 0.1) is 7.11 Å². The largest absolute Gasteiger partial charge is 0.496 e. The van der Waals surface area contributed by atoms with Crippen molar-refractivity contribution < 1.29 is 22.7 Å². The van der Waals surface area contributed by atoms with E-state index in [1.54, 1.807) is 0 Å². The van der Waals surface area contributed by atoms with Crippen LogP contribution in [-0.2, 0) is 15.7 Å². The number of hydrogen-bond acceptors (Lipinski definition) is 3. The third kappa shape index (κ3) is 4.08.